The summed E-state index contributed by atoms with van der Waals surface area (Å²) < 4.78 is 17.0. The van der Waals surface area contributed by atoms with Crippen LogP contribution in [0.25, 0.3) is 10.8 Å². The second-order valence-electron chi connectivity index (χ2n) is 9.46. The third-order valence-electron chi connectivity index (χ3n) is 6.36. The third-order valence-corrected chi connectivity index (χ3v) is 6.86. The number of esters is 2. The first-order chi connectivity index (χ1) is 21.3. The van der Waals surface area contributed by atoms with Gasteiger partial charge in [-0.3, -0.25) is 4.79 Å². The zero-order chi connectivity index (χ0) is 31.1. The standard InChI is InChI=1S/C34H24Cl2N2O6/c1-21(42-30-8-4-6-22-5-2-3-7-29(22)30)32(39)38-37-20-25-13-18-28(43-33(40)23-9-14-26(35)15-10-23)19-31(25)44-34(41)24-11-16-27(36)17-12-24/h2-21H,1H3,(H,38,39)/b37-20+. The Hall–Kier alpha value is -5.18. The van der Waals surface area contributed by atoms with Crippen LogP contribution in [0.15, 0.2) is 114 Å². The summed E-state index contributed by atoms with van der Waals surface area (Å²) in [6, 6.07) is 30.0. The van der Waals surface area contributed by atoms with Gasteiger partial charge in [0.15, 0.2) is 6.10 Å². The molecular formula is C34H24Cl2N2O6. The lowest BCUT2D eigenvalue weighted by atomic mass is 10.1. The maximum atomic E-state index is 12.9. The largest absolute Gasteiger partial charge is 0.480 e. The summed E-state index contributed by atoms with van der Waals surface area (Å²) in [6.45, 7) is 1.61. The lowest BCUT2D eigenvalue weighted by Crippen LogP contribution is -2.33. The number of hydrazone groups is 1. The maximum Gasteiger partial charge on any atom is 0.343 e. The number of benzene rings is 5. The second-order valence-corrected chi connectivity index (χ2v) is 10.3. The van der Waals surface area contributed by atoms with Gasteiger partial charge in [0, 0.05) is 27.1 Å². The van der Waals surface area contributed by atoms with E-state index in [1.807, 2.05) is 36.4 Å². The number of hydrogen-bond donors (Lipinski definition) is 1. The first kappa shape index (κ1) is 30.3. The molecule has 0 aliphatic carbocycles. The Morgan fingerprint density at radius 1 is 0.727 bits per heavy atom. The van der Waals surface area contributed by atoms with Crippen LogP contribution in [0.1, 0.15) is 33.2 Å². The van der Waals surface area contributed by atoms with Crippen molar-refractivity contribution >= 4 is 58.0 Å². The Bertz CT molecular complexity index is 1850. The fraction of sp³-hybridized carbons (Fsp3) is 0.0588. The van der Waals surface area contributed by atoms with Crippen LogP contribution >= 0.6 is 23.2 Å². The molecule has 0 aliphatic heterocycles. The zero-order valence-electron chi connectivity index (χ0n) is 23.2. The predicted octanol–water partition coefficient (Wildman–Crippen LogP) is 7.50. The first-order valence-corrected chi connectivity index (χ1v) is 14.1. The Morgan fingerprint density at radius 3 is 2.02 bits per heavy atom. The average molecular weight is 627 g/mol. The fourth-order valence-electron chi connectivity index (χ4n) is 4.07. The van der Waals surface area contributed by atoms with Gasteiger partial charge in [0.2, 0.25) is 0 Å². The van der Waals surface area contributed by atoms with Gasteiger partial charge >= 0.3 is 11.9 Å². The van der Waals surface area contributed by atoms with Crippen LogP contribution < -0.4 is 19.6 Å². The first-order valence-electron chi connectivity index (χ1n) is 13.3. The van der Waals surface area contributed by atoms with Crippen molar-refractivity contribution in [2.45, 2.75) is 13.0 Å². The number of halogens is 2. The Kier molecular flexibility index (Phi) is 9.54. The Balaban J connectivity index is 1.32. The topological polar surface area (TPSA) is 103 Å². The average Bonchev–Trinajstić information content (AvgIpc) is 3.02. The van der Waals surface area contributed by atoms with Crippen LogP contribution in [0, 0.1) is 0 Å². The number of nitrogens with one attached hydrogen (secondary N) is 1. The summed E-state index contributed by atoms with van der Waals surface area (Å²) in [5, 5.41) is 6.83. The van der Waals surface area contributed by atoms with Crippen molar-refractivity contribution in [3.05, 3.63) is 136 Å². The van der Waals surface area contributed by atoms with E-state index < -0.39 is 23.9 Å². The van der Waals surface area contributed by atoms with E-state index in [0.717, 1.165) is 10.8 Å². The van der Waals surface area contributed by atoms with Crippen molar-refractivity contribution in [3.63, 3.8) is 0 Å². The Morgan fingerprint density at radius 2 is 1.34 bits per heavy atom. The van der Waals surface area contributed by atoms with Gasteiger partial charge in [-0.25, -0.2) is 15.0 Å². The number of amides is 1. The lowest BCUT2D eigenvalue weighted by molar-refractivity contribution is -0.127. The normalized spacial score (nSPS) is 11.6. The van der Waals surface area contributed by atoms with Gasteiger partial charge in [-0.05, 0) is 79.0 Å². The van der Waals surface area contributed by atoms with Gasteiger partial charge in [-0.15, -0.1) is 0 Å². The van der Waals surface area contributed by atoms with E-state index in [-0.39, 0.29) is 22.6 Å². The van der Waals surface area contributed by atoms with Crippen molar-refractivity contribution < 1.29 is 28.6 Å². The van der Waals surface area contributed by atoms with Gasteiger partial charge in [-0.1, -0.05) is 59.6 Å². The molecule has 5 aromatic rings. The lowest BCUT2D eigenvalue weighted by Gasteiger charge is -2.15. The van der Waals surface area contributed by atoms with E-state index in [2.05, 4.69) is 10.5 Å². The highest BCUT2D eigenvalue weighted by Gasteiger charge is 2.17. The minimum Gasteiger partial charge on any atom is -0.480 e. The molecule has 220 valence electrons. The van der Waals surface area contributed by atoms with Crippen LogP contribution in [0.3, 0.4) is 0 Å². The molecule has 1 atom stereocenters. The van der Waals surface area contributed by atoms with Gasteiger partial charge in [0.25, 0.3) is 5.91 Å². The molecule has 1 amide bonds. The molecule has 0 saturated heterocycles. The smallest absolute Gasteiger partial charge is 0.343 e. The highest BCUT2D eigenvalue weighted by molar-refractivity contribution is 6.31. The number of hydrogen-bond acceptors (Lipinski definition) is 7. The molecule has 0 aliphatic rings. The van der Waals surface area contributed by atoms with Crippen molar-refractivity contribution in [1.82, 2.24) is 5.43 Å². The molecule has 1 N–H and O–H groups in total. The summed E-state index contributed by atoms with van der Waals surface area (Å²) in [5.41, 5.74) is 3.29. The Labute approximate surface area is 262 Å². The molecule has 10 heteroatoms. The SMILES string of the molecule is CC(Oc1cccc2ccccc12)C(=O)N/N=C/c1ccc(OC(=O)c2ccc(Cl)cc2)cc1OC(=O)c1ccc(Cl)cc1. The molecule has 0 bridgehead atoms. The molecule has 5 rings (SSSR count). The molecule has 0 saturated carbocycles. The van der Waals surface area contributed by atoms with Gasteiger partial charge in [-0.2, -0.15) is 5.10 Å². The molecule has 5 aromatic carbocycles. The summed E-state index contributed by atoms with van der Waals surface area (Å²) >= 11 is 11.8. The summed E-state index contributed by atoms with van der Waals surface area (Å²) in [4.78, 5) is 38.3. The van der Waals surface area contributed by atoms with Crippen molar-refractivity contribution in [1.29, 1.82) is 0 Å². The molecule has 8 nitrogen and oxygen atoms in total. The van der Waals surface area contributed by atoms with Gasteiger partial charge in [0.1, 0.15) is 17.2 Å². The molecule has 44 heavy (non-hydrogen) atoms. The molecule has 0 radical (unpaired) electrons. The van der Waals surface area contributed by atoms with Crippen LogP contribution in [0.2, 0.25) is 10.0 Å². The van der Waals surface area contributed by atoms with Gasteiger partial charge in [0.05, 0.1) is 17.3 Å². The van der Waals surface area contributed by atoms with E-state index in [1.165, 1.54) is 48.7 Å². The van der Waals surface area contributed by atoms with Gasteiger partial charge < -0.3 is 14.2 Å². The number of fused-ring (bicyclic) bond motifs is 1. The van der Waals surface area contributed by atoms with E-state index in [9.17, 15) is 14.4 Å². The highest BCUT2D eigenvalue weighted by Crippen LogP contribution is 2.27. The quantitative estimate of drug-likeness (QED) is 0.0786. The number of ether oxygens (including phenoxy) is 3. The molecule has 0 heterocycles. The molecule has 1 unspecified atom stereocenters. The maximum absolute atomic E-state index is 12.9. The molecule has 0 fully saturated rings. The molecular weight excluding hydrogens is 603 g/mol. The van der Waals surface area contributed by atoms with Crippen LogP contribution in [0.4, 0.5) is 0 Å². The number of rotatable bonds is 9. The van der Waals surface area contributed by atoms with Crippen molar-refractivity contribution in [2.75, 3.05) is 0 Å². The van der Waals surface area contributed by atoms with Crippen LogP contribution in [-0.4, -0.2) is 30.2 Å². The molecule has 0 spiro atoms. The number of nitrogens with zero attached hydrogens (tertiary/aromatic N) is 1. The van der Waals surface area contributed by atoms with Crippen molar-refractivity contribution in [2.24, 2.45) is 5.10 Å². The van der Waals surface area contributed by atoms with E-state index in [1.54, 1.807) is 37.3 Å². The monoisotopic (exact) mass is 626 g/mol. The third kappa shape index (κ3) is 7.60. The minimum atomic E-state index is -0.866. The number of carbonyl (C=O) groups excluding carboxylic acids is 3. The summed E-state index contributed by atoms with van der Waals surface area (Å²) in [5.74, 6) is -1.10. The summed E-state index contributed by atoms with van der Waals surface area (Å²) in [6.07, 6.45) is 0.437. The van der Waals surface area contributed by atoms with Crippen molar-refractivity contribution in [3.8, 4) is 17.2 Å². The van der Waals surface area contributed by atoms with E-state index >= 15 is 0 Å². The minimum absolute atomic E-state index is 0.0319. The van der Waals surface area contributed by atoms with E-state index in [0.29, 0.717) is 21.4 Å². The second kappa shape index (κ2) is 13.9. The zero-order valence-corrected chi connectivity index (χ0v) is 24.7. The van der Waals surface area contributed by atoms with Crippen LogP contribution in [-0.2, 0) is 4.79 Å². The highest BCUT2D eigenvalue weighted by atomic mass is 35.5. The number of carbonyl (C=O) groups is 3. The molecule has 0 aromatic heterocycles. The summed E-state index contributed by atoms with van der Waals surface area (Å²) in [7, 11) is 0. The van der Waals surface area contributed by atoms with E-state index in [4.69, 9.17) is 37.4 Å². The van der Waals surface area contributed by atoms with Crippen LogP contribution in [0.5, 0.6) is 17.2 Å². The fourth-order valence-corrected chi connectivity index (χ4v) is 4.32. The predicted molar refractivity (Wildman–Crippen MR) is 169 cm³/mol.